The van der Waals surface area contributed by atoms with Gasteiger partial charge in [-0.25, -0.2) is 4.79 Å². The minimum absolute atomic E-state index is 0.382. The van der Waals surface area contributed by atoms with Crippen molar-refractivity contribution in [2.75, 3.05) is 11.4 Å². The molecule has 98 valence electrons. The summed E-state index contributed by atoms with van der Waals surface area (Å²) in [7, 11) is 0. The number of amides is 4. The quantitative estimate of drug-likeness (QED) is 0.681. The summed E-state index contributed by atoms with van der Waals surface area (Å²) in [5.74, 6) is -1.13. The van der Waals surface area contributed by atoms with Crippen LogP contribution in [0.15, 0.2) is 24.5 Å². The lowest BCUT2D eigenvalue weighted by atomic mass is 9.92. The summed E-state index contributed by atoms with van der Waals surface area (Å²) in [6, 6.07) is 2.76. The molecule has 0 bridgehead atoms. The van der Waals surface area contributed by atoms with E-state index in [9.17, 15) is 14.4 Å². The smallest absolute Gasteiger partial charge is 0.328 e. The van der Waals surface area contributed by atoms with Gasteiger partial charge in [0.2, 0.25) is 0 Å². The van der Waals surface area contributed by atoms with E-state index >= 15 is 0 Å². The number of rotatable bonds is 1. The maximum absolute atomic E-state index is 12.2. The number of anilines is 1. The summed E-state index contributed by atoms with van der Waals surface area (Å²) < 4.78 is 0. The average Bonchev–Trinajstić information content (AvgIpc) is 2.83. The molecule has 7 heteroatoms. The number of aromatic nitrogens is 1. The zero-order chi connectivity index (χ0) is 13.5. The Hall–Kier alpha value is -2.44. The molecule has 19 heavy (non-hydrogen) atoms. The lowest BCUT2D eigenvalue weighted by molar-refractivity contribution is -0.137. The van der Waals surface area contributed by atoms with Crippen LogP contribution in [0.5, 0.6) is 0 Å². The number of hydrogen-bond donors (Lipinski definition) is 2. The van der Waals surface area contributed by atoms with Crippen LogP contribution in [0, 0.1) is 0 Å². The number of pyridine rings is 1. The van der Waals surface area contributed by atoms with Gasteiger partial charge in [-0.2, -0.15) is 0 Å². The number of urea groups is 1. The Morgan fingerprint density at radius 2 is 1.95 bits per heavy atom. The molecule has 1 spiro atoms. The molecule has 3 heterocycles. The lowest BCUT2D eigenvalue weighted by Crippen LogP contribution is -2.71. The second-order valence-corrected chi connectivity index (χ2v) is 4.56. The fraction of sp³-hybridized carbons (Fsp3) is 0.333. The highest BCUT2D eigenvalue weighted by molar-refractivity contribution is 6.24. The fourth-order valence-electron chi connectivity index (χ4n) is 2.70. The van der Waals surface area contributed by atoms with Crippen molar-refractivity contribution in [2.45, 2.75) is 18.4 Å². The van der Waals surface area contributed by atoms with Crippen molar-refractivity contribution in [1.29, 1.82) is 0 Å². The number of carbonyl (C=O) groups is 3. The Bertz CT molecular complexity index is 537. The van der Waals surface area contributed by atoms with Crippen molar-refractivity contribution < 1.29 is 14.4 Å². The molecule has 2 N–H and O–H groups in total. The van der Waals surface area contributed by atoms with Crippen LogP contribution in [-0.4, -0.2) is 34.9 Å². The molecule has 0 radical (unpaired) electrons. The van der Waals surface area contributed by atoms with Crippen molar-refractivity contribution in [3.63, 3.8) is 0 Å². The molecule has 2 fully saturated rings. The predicted molar refractivity (Wildman–Crippen MR) is 65.2 cm³/mol. The van der Waals surface area contributed by atoms with Crippen molar-refractivity contribution in [3.8, 4) is 0 Å². The van der Waals surface area contributed by atoms with E-state index in [1.807, 2.05) is 0 Å². The first kappa shape index (κ1) is 11.6. The standard InChI is InChI=1S/C12H12N4O3/c17-9-12(10(18)15-11(19)14-9)4-2-6-16(12)8-3-1-5-13-7-8/h1,3,5,7H,2,4,6H2,(H2,14,15,17,18,19). The van der Waals surface area contributed by atoms with Gasteiger partial charge in [-0.1, -0.05) is 0 Å². The van der Waals surface area contributed by atoms with Crippen LogP contribution in [-0.2, 0) is 9.59 Å². The Kier molecular flexibility index (Phi) is 2.48. The number of nitrogens with zero attached hydrogens (tertiary/aromatic N) is 2. The van der Waals surface area contributed by atoms with Crippen LogP contribution in [0.1, 0.15) is 12.8 Å². The Morgan fingerprint density at radius 3 is 2.58 bits per heavy atom. The predicted octanol–water partition coefficient (Wildman–Crippen LogP) is -0.213. The van der Waals surface area contributed by atoms with Gasteiger partial charge in [0.25, 0.3) is 11.8 Å². The van der Waals surface area contributed by atoms with Gasteiger partial charge in [0, 0.05) is 12.7 Å². The Morgan fingerprint density at radius 1 is 1.21 bits per heavy atom. The summed E-state index contributed by atoms with van der Waals surface area (Å²) in [6.07, 6.45) is 4.30. The second kappa shape index (κ2) is 4.04. The first-order valence-corrected chi connectivity index (χ1v) is 5.99. The Balaban J connectivity index is 2.04. The van der Waals surface area contributed by atoms with Gasteiger partial charge >= 0.3 is 6.03 Å². The molecule has 0 unspecified atom stereocenters. The van der Waals surface area contributed by atoms with E-state index in [1.165, 1.54) is 0 Å². The number of imide groups is 2. The van der Waals surface area contributed by atoms with E-state index in [1.54, 1.807) is 29.4 Å². The summed E-state index contributed by atoms with van der Waals surface area (Å²) in [5, 5.41) is 4.34. The average molecular weight is 260 g/mol. The van der Waals surface area contributed by atoms with E-state index < -0.39 is 23.4 Å². The van der Waals surface area contributed by atoms with Crippen molar-refractivity contribution in [1.82, 2.24) is 15.6 Å². The molecule has 7 nitrogen and oxygen atoms in total. The molecular weight excluding hydrogens is 248 g/mol. The van der Waals surface area contributed by atoms with Gasteiger partial charge in [-0.3, -0.25) is 25.2 Å². The molecule has 1 aromatic rings. The largest absolute Gasteiger partial charge is 0.348 e. The van der Waals surface area contributed by atoms with Gasteiger partial charge in [0.1, 0.15) is 0 Å². The summed E-state index contributed by atoms with van der Waals surface area (Å²) in [4.78, 5) is 41.2. The first-order valence-electron chi connectivity index (χ1n) is 5.99. The molecular formula is C12H12N4O3. The second-order valence-electron chi connectivity index (χ2n) is 4.56. The lowest BCUT2D eigenvalue weighted by Gasteiger charge is -2.38. The minimum Gasteiger partial charge on any atom is -0.348 e. The van der Waals surface area contributed by atoms with Gasteiger partial charge in [0.15, 0.2) is 5.54 Å². The highest BCUT2D eigenvalue weighted by Crippen LogP contribution is 2.35. The van der Waals surface area contributed by atoms with E-state index in [2.05, 4.69) is 15.6 Å². The number of barbiturate groups is 1. The van der Waals surface area contributed by atoms with Crippen molar-refractivity contribution >= 4 is 23.5 Å². The van der Waals surface area contributed by atoms with Gasteiger partial charge in [-0.15, -0.1) is 0 Å². The van der Waals surface area contributed by atoms with Gasteiger partial charge in [0.05, 0.1) is 11.9 Å². The summed E-state index contributed by atoms with van der Waals surface area (Å²) in [5.41, 5.74) is -0.642. The highest BCUT2D eigenvalue weighted by Gasteiger charge is 2.57. The molecule has 2 aliphatic heterocycles. The molecule has 0 saturated carbocycles. The molecule has 1 aromatic heterocycles. The van der Waals surface area contributed by atoms with Crippen LogP contribution >= 0.6 is 0 Å². The fourth-order valence-corrected chi connectivity index (χ4v) is 2.70. The number of hydrogen-bond acceptors (Lipinski definition) is 5. The number of nitrogens with one attached hydrogen (secondary N) is 2. The molecule has 3 rings (SSSR count). The maximum Gasteiger partial charge on any atom is 0.328 e. The maximum atomic E-state index is 12.2. The van der Waals surface area contributed by atoms with E-state index in [4.69, 9.17) is 0 Å². The molecule has 0 aliphatic carbocycles. The van der Waals surface area contributed by atoms with E-state index in [0.29, 0.717) is 25.1 Å². The van der Waals surface area contributed by atoms with Crippen LogP contribution in [0.2, 0.25) is 0 Å². The minimum atomic E-state index is -1.34. The number of carbonyl (C=O) groups excluding carboxylic acids is 3. The Labute approximate surface area is 109 Å². The third-order valence-corrected chi connectivity index (χ3v) is 3.54. The van der Waals surface area contributed by atoms with Crippen LogP contribution in [0.25, 0.3) is 0 Å². The topological polar surface area (TPSA) is 91.4 Å². The molecule has 2 aliphatic rings. The van der Waals surface area contributed by atoms with Gasteiger partial charge in [-0.05, 0) is 25.0 Å². The molecule has 4 amide bonds. The molecule has 0 aromatic carbocycles. The molecule has 0 atom stereocenters. The first-order chi connectivity index (χ1) is 9.14. The van der Waals surface area contributed by atoms with Crippen LogP contribution < -0.4 is 15.5 Å². The van der Waals surface area contributed by atoms with Crippen LogP contribution in [0.4, 0.5) is 10.5 Å². The van der Waals surface area contributed by atoms with Crippen molar-refractivity contribution in [2.24, 2.45) is 0 Å². The summed E-state index contributed by atoms with van der Waals surface area (Å²) in [6.45, 7) is 0.570. The monoisotopic (exact) mass is 260 g/mol. The zero-order valence-electron chi connectivity index (χ0n) is 10.0. The zero-order valence-corrected chi connectivity index (χ0v) is 10.0. The van der Waals surface area contributed by atoms with Crippen molar-refractivity contribution in [3.05, 3.63) is 24.5 Å². The van der Waals surface area contributed by atoms with E-state index in [0.717, 1.165) is 0 Å². The highest BCUT2D eigenvalue weighted by atomic mass is 16.2. The van der Waals surface area contributed by atoms with Crippen LogP contribution in [0.3, 0.4) is 0 Å². The third kappa shape index (κ3) is 1.58. The normalized spacial score (nSPS) is 21.5. The van der Waals surface area contributed by atoms with E-state index in [-0.39, 0.29) is 0 Å². The third-order valence-electron chi connectivity index (χ3n) is 3.54. The summed E-state index contributed by atoms with van der Waals surface area (Å²) >= 11 is 0. The molecule has 2 saturated heterocycles. The van der Waals surface area contributed by atoms with Gasteiger partial charge < -0.3 is 4.90 Å². The SMILES string of the molecule is O=C1NC(=O)C2(CCCN2c2cccnc2)C(=O)N1.